The second-order valence-corrected chi connectivity index (χ2v) is 4.81. The van der Waals surface area contributed by atoms with Crippen molar-refractivity contribution in [1.29, 1.82) is 0 Å². The summed E-state index contributed by atoms with van der Waals surface area (Å²) in [4.78, 5) is 11.4. The molecular weight excluding hydrogens is 232 g/mol. The molecule has 0 saturated heterocycles. The van der Waals surface area contributed by atoms with Crippen LogP contribution in [0.4, 0.5) is 4.79 Å². The van der Waals surface area contributed by atoms with Gasteiger partial charge in [0.1, 0.15) is 0 Å². The monoisotopic (exact) mass is 252 g/mol. The molecule has 1 aliphatic rings. The van der Waals surface area contributed by atoms with E-state index in [4.69, 9.17) is 0 Å². The number of aliphatic hydroxyl groups is 1. The summed E-state index contributed by atoms with van der Waals surface area (Å²) in [5.41, 5.74) is -0.660. The third kappa shape index (κ3) is 3.73. The van der Waals surface area contributed by atoms with Crippen molar-refractivity contribution < 1.29 is 9.90 Å². The Balaban J connectivity index is 1.52. The minimum absolute atomic E-state index is 0.212. The number of urea groups is 1. The number of hydrogen-bond donors (Lipinski definition) is 3. The van der Waals surface area contributed by atoms with Crippen LogP contribution in [0, 0.1) is 0 Å². The number of hydrogen-bond acceptors (Lipinski definition) is 3. The molecule has 1 fully saturated rings. The van der Waals surface area contributed by atoms with E-state index in [1.807, 2.05) is 16.9 Å². The number of nitrogens with zero attached hydrogens (tertiary/aromatic N) is 2. The van der Waals surface area contributed by atoms with Crippen LogP contribution in [0.3, 0.4) is 0 Å². The smallest absolute Gasteiger partial charge is 0.314 e. The molecule has 0 unspecified atom stereocenters. The first kappa shape index (κ1) is 12.9. The van der Waals surface area contributed by atoms with Gasteiger partial charge in [-0.15, -0.1) is 0 Å². The van der Waals surface area contributed by atoms with Crippen molar-refractivity contribution >= 4 is 6.03 Å². The summed E-state index contributed by atoms with van der Waals surface area (Å²) >= 11 is 0. The standard InChI is InChI=1S/C12H20N4O2/c17-11(14-10-12(18)4-1-5-12)13-6-2-8-16-9-3-7-15-16/h3,7,9,18H,1-2,4-6,8,10H2,(H2,13,14,17). The normalized spacial score (nSPS) is 16.9. The van der Waals surface area contributed by atoms with Gasteiger partial charge in [-0.25, -0.2) is 4.79 Å². The van der Waals surface area contributed by atoms with Gasteiger partial charge in [0.05, 0.1) is 5.60 Å². The zero-order valence-corrected chi connectivity index (χ0v) is 10.4. The molecule has 1 aromatic heterocycles. The fraction of sp³-hybridized carbons (Fsp3) is 0.667. The average Bonchev–Trinajstić information content (AvgIpc) is 2.82. The fourth-order valence-electron chi connectivity index (χ4n) is 1.94. The molecule has 18 heavy (non-hydrogen) atoms. The Bertz CT molecular complexity index is 373. The van der Waals surface area contributed by atoms with Gasteiger partial charge in [-0.05, 0) is 31.7 Å². The number of amides is 2. The van der Waals surface area contributed by atoms with Gasteiger partial charge in [0.25, 0.3) is 0 Å². The minimum atomic E-state index is -0.660. The van der Waals surface area contributed by atoms with Crippen LogP contribution < -0.4 is 10.6 Å². The van der Waals surface area contributed by atoms with E-state index in [1.165, 1.54) is 0 Å². The van der Waals surface area contributed by atoms with E-state index in [0.29, 0.717) is 13.1 Å². The summed E-state index contributed by atoms with van der Waals surface area (Å²) in [5.74, 6) is 0. The van der Waals surface area contributed by atoms with Crippen LogP contribution in [0.25, 0.3) is 0 Å². The van der Waals surface area contributed by atoms with Crippen molar-refractivity contribution in [3.05, 3.63) is 18.5 Å². The highest BCUT2D eigenvalue weighted by atomic mass is 16.3. The average molecular weight is 252 g/mol. The molecule has 100 valence electrons. The van der Waals surface area contributed by atoms with Crippen molar-refractivity contribution in [2.45, 2.75) is 37.8 Å². The third-order valence-electron chi connectivity index (χ3n) is 3.27. The maximum Gasteiger partial charge on any atom is 0.314 e. The van der Waals surface area contributed by atoms with Crippen molar-refractivity contribution in [1.82, 2.24) is 20.4 Å². The second kappa shape index (κ2) is 5.86. The highest BCUT2D eigenvalue weighted by molar-refractivity contribution is 5.73. The molecule has 1 aliphatic carbocycles. The zero-order chi connectivity index (χ0) is 12.8. The second-order valence-electron chi connectivity index (χ2n) is 4.81. The first-order valence-electron chi connectivity index (χ1n) is 6.39. The molecule has 2 rings (SSSR count). The van der Waals surface area contributed by atoms with Gasteiger partial charge in [-0.1, -0.05) is 0 Å². The molecule has 0 bridgehead atoms. The van der Waals surface area contributed by atoms with Crippen molar-refractivity contribution in [2.24, 2.45) is 0 Å². The molecule has 0 aliphatic heterocycles. The Labute approximate surface area is 106 Å². The summed E-state index contributed by atoms with van der Waals surface area (Å²) in [6.45, 7) is 1.74. The van der Waals surface area contributed by atoms with Crippen molar-refractivity contribution in [3.8, 4) is 0 Å². The lowest BCUT2D eigenvalue weighted by Crippen LogP contribution is -2.50. The highest BCUT2D eigenvalue weighted by Crippen LogP contribution is 2.30. The molecular formula is C12H20N4O2. The lowest BCUT2D eigenvalue weighted by atomic mass is 9.80. The predicted molar refractivity (Wildman–Crippen MR) is 67.0 cm³/mol. The topological polar surface area (TPSA) is 79.2 Å². The van der Waals surface area contributed by atoms with Gasteiger partial charge in [0, 0.05) is 32.0 Å². The quantitative estimate of drug-likeness (QED) is 0.645. The Morgan fingerprint density at radius 3 is 2.89 bits per heavy atom. The molecule has 2 amide bonds. The Hall–Kier alpha value is -1.56. The number of aromatic nitrogens is 2. The SMILES string of the molecule is O=C(NCCCn1cccn1)NCC1(O)CCC1. The first-order valence-corrected chi connectivity index (χ1v) is 6.39. The maximum absolute atomic E-state index is 11.4. The summed E-state index contributed by atoms with van der Waals surface area (Å²) in [6, 6.07) is 1.66. The molecule has 1 saturated carbocycles. The zero-order valence-electron chi connectivity index (χ0n) is 10.4. The lowest BCUT2D eigenvalue weighted by Gasteiger charge is -2.36. The van der Waals surface area contributed by atoms with Crippen LogP contribution in [0.2, 0.25) is 0 Å². The van der Waals surface area contributed by atoms with E-state index >= 15 is 0 Å². The number of carbonyl (C=O) groups excluding carboxylic acids is 1. The Kier molecular flexibility index (Phi) is 4.19. The minimum Gasteiger partial charge on any atom is -0.388 e. The van der Waals surface area contributed by atoms with Gasteiger partial charge in [0.2, 0.25) is 0 Å². The molecule has 0 radical (unpaired) electrons. The molecule has 6 nitrogen and oxygen atoms in total. The third-order valence-corrected chi connectivity index (χ3v) is 3.27. The molecule has 0 atom stereocenters. The van der Waals surface area contributed by atoms with E-state index in [2.05, 4.69) is 15.7 Å². The summed E-state index contributed by atoms with van der Waals surface area (Å²) in [5, 5.41) is 19.3. The lowest BCUT2D eigenvalue weighted by molar-refractivity contribution is -0.0290. The summed E-state index contributed by atoms with van der Waals surface area (Å²) < 4.78 is 1.83. The number of carbonyl (C=O) groups is 1. The molecule has 1 aromatic rings. The molecule has 0 spiro atoms. The van der Waals surface area contributed by atoms with Crippen LogP contribution >= 0.6 is 0 Å². The van der Waals surface area contributed by atoms with Crippen LogP contribution in [0.1, 0.15) is 25.7 Å². The predicted octanol–water partition coefficient (Wildman–Crippen LogP) is 0.487. The number of nitrogens with one attached hydrogen (secondary N) is 2. The molecule has 3 N–H and O–H groups in total. The number of aryl methyl sites for hydroxylation is 1. The molecule has 6 heteroatoms. The van der Waals surface area contributed by atoms with Crippen molar-refractivity contribution in [3.63, 3.8) is 0 Å². The van der Waals surface area contributed by atoms with Gasteiger partial charge < -0.3 is 15.7 Å². The Morgan fingerprint density at radius 2 is 2.28 bits per heavy atom. The van der Waals surface area contributed by atoms with E-state index in [1.54, 1.807) is 6.20 Å². The van der Waals surface area contributed by atoms with Crippen LogP contribution in [0.15, 0.2) is 18.5 Å². The van der Waals surface area contributed by atoms with Gasteiger partial charge in [-0.2, -0.15) is 5.10 Å². The summed E-state index contributed by atoms with van der Waals surface area (Å²) in [6.07, 6.45) is 7.08. The van der Waals surface area contributed by atoms with E-state index in [-0.39, 0.29) is 6.03 Å². The van der Waals surface area contributed by atoms with Gasteiger partial charge in [-0.3, -0.25) is 4.68 Å². The fourth-order valence-corrected chi connectivity index (χ4v) is 1.94. The van der Waals surface area contributed by atoms with E-state index < -0.39 is 5.60 Å². The Morgan fingerprint density at radius 1 is 1.44 bits per heavy atom. The number of rotatable bonds is 6. The first-order chi connectivity index (χ1) is 8.68. The van der Waals surface area contributed by atoms with Crippen LogP contribution in [-0.2, 0) is 6.54 Å². The molecule has 0 aromatic carbocycles. The van der Waals surface area contributed by atoms with Gasteiger partial charge in [0.15, 0.2) is 0 Å². The largest absolute Gasteiger partial charge is 0.388 e. The summed E-state index contributed by atoms with van der Waals surface area (Å²) in [7, 11) is 0. The molecule has 1 heterocycles. The van der Waals surface area contributed by atoms with Gasteiger partial charge >= 0.3 is 6.03 Å². The van der Waals surface area contributed by atoms with Crippen LogP contribution in [0.5, 0.6) is 0 Å². The van der Waals surface area contributed by atoms with E-state index in [9.17, 15) is 9.90 Å². The van der Waals surface area contributed by atoms with Crippen molar-refractivity contribution in [2.75, 3.05) is 13.1 Å². The highest BCUT2D eigenvalue weighted by Gasteiger charge is 2.34. The van der Waals surface area contributed by atoms with Crippen LogP contribution in [-0.4, -0.2) is 39.6 Å². The maximum atomic E-state index is 11.4. The van der Waals surface area contributed by atoms with E-state index in [0.717, 1.165) is 32.2 Å².